The molecule has 1 amide bonds. The maximum Gasteiger partial charge on any atom is 0.223 e. The molecule has 0 radical (unpaired) electrons. The summed E-state index contributed by atoms with van der Waals surface area (Å²) in [7, 11) is 0. The van der Waals surface area contributed by atoms with Gasteiger partial charge in [-0.1, -0.05) is 20.3 Å². The minimum Gasteiger partial charge on any atom is -0.394 e. The molecule has 4 heteroatoms. The van der Waals surface area contributed by atoms with Crippen LogP contribution >= 0.6 is 0 Å². The van der Waals surface area contributed by atoms with Crippen LogP contribution in [-0.4, -0.2) is 30.2 Å². The quantitative estimate of drug-likeness (QED) is 0.670. The van der Waals surface area contributed by atoms with Crippen LogP contribution in [0.4, 0.5) is 0 Å². The summed E-state index contributed by atoms with van der Waals surface area (Å²) in [6.45, 7) is 4.90. The molecule has 0 aliphatic heterocycles. The fraction of sp³-hybridized carbons (Fsp3) is 0.929. The van der Waals surface area contributed by atoms with Gasteiger partial charge in [0.15, 0.2) is 0 Å². The van der Waals surface area contributed by atoms with E-state index in [1.807, 2.05) is 0 Å². The van der Waals surface area contributed by atoms with Gasteiger partial charge in [-0.05, 0) is 44.1 Å². The molecule has 1 fully saturated rings. The van der Waals surface area contributed by atoms with Crippen molar-refractivity contribution in [3.8, 4) is 0 Å². The van der Waals surface area contributed by atoms with Gasteiger partial charge in [0.05, 0.1) is 12.6 Å². The fourth-order valence-corrected chi connectivity index (χ4v) is 2.81. The highest BCUT2D eigenvalue weighted by molar-refractivity contribution is 5.79. The predicted molar refractivity (Wildman–Crippen MR) is 73.0 cm³/mol. The zero-order valence-corrected chi connectivity index (χ0v) is 11.7. The summed E-state index contributed by atoms with van der Waals surface area (Å²) in [6, 6.07) is -0.101. The van der Waals surface area contributed by atoms with Crippen LogP contribution in [0.15, 0.2) is 0 Å². The van der Waals surface area contributed by atoms with Crippen molar-refractivity contribution < 1.29 is 9.90 Å². The smallest absolute Gasteiger partial charge is 0.223 e. The Kier molecular flexibility index (Phi) is 6.65. The SMILES string of the molecule is CC(C)CC(CO)NC(=O)C1CCCC(CN)C1. The molecular weight excluding hydrogens is 228 g/mol. The van der Waals surface area contributed by atoms with Gasteiger partial charge in [0.2, 0.25) is 5.91 Å². The lowest BCUT2D eigenvalue weighted by Gasteiger charge is -2.29. The lowest BCUT2D eigenvalue weighted by molar-refractivity contribution is -0.127. The van der Waals surface area contributed by atoms with Crippen molar-refractivity contribution in [2.45, 2.75) is 52.0 Å². The molecule has 0 saturated heterocycles. The molecule has 0 aromatic rings. The molecule has 0 spiro atoms. The molecule has 0 aromatic heterocycles. The standard InChI is InChI=1S/C14H28N2O2/c1-10(2)6-13(9-17)16-14(18)12-5-3-4-11(7-12)8-15/h10-13,17H,3-9,15H2,1-2H3,(H,16,18). The second-order valence-electron chi connectivity index (χ2n) is 5.98. The van der Waals surface area contributed by atoms with Crippen molar-refractivity contribution in [3.63, 3.8) is 0 Å². The number of aliphatic hydroxyl groups is 1. The second-order valence-corrected chi connectivity index (χ2v) is 5.98. The van der Waals surface area contributed by atoms with Crippen LogP contribution in [0.1, 0.15) is 46.0 Å². The van der Waals surface area contributed by atoms with Crippen LogP contribution in [0, 0.1) is 17.8 Å². The van der Waals surface area contributed by atoms with Crippen molar-refractivity contribution in [1.29, 1.82) is 0 Å². The Morgan fingerprint density at radius 1 is 1.44 bits per heavy atom. The summed E-state index contributed by atoms with van der Waals surface area (Å²) in [6.07, 6.45) is 4.93. The van der Waals surface area contributed by atoms with E-state index in [1.54, 1.807) is 0 Å². The first kappa shape index (κ1) is 15.4. The molecule has 18 heavy (non-hydrogen) atoms. The van der Waals surface area contributed by atoms with E-state index in [-0.39, 0.29) is 24.5 Å². The van der Waals surface area contributed by atoms with Crippen LogP contribution in [0.5, 0.6) is 0 Å². The number of nitrogens with two attached hydrogens (primary N) is 1. The van der Waals surface area contributed by atoms with Gasteiger partial charge in [-0.15, -0.1) is 0 Å². The topological polar surface area (TPSA) is 75.3 Å². The highest BCUT2D eigenvalue weighted by atomic mass is 16.3. The summed E-state index contributed by atoms with van der Waals surface area (Å²) in [5.41, 5.74) is 5.69. The molecule has 4 nitrogen and oxygen atoms in total. The molecule has 3 atom stereocenters. The van der Waals surface area contributed by atoms with E-state index in [2.05, 4.69) is 19.2 Å². The van der Waals surface area contributed by atoms with Crippen LogP contribution < -0.4 is 11.1 Å². The van der Waals surface area contributed by atoms with Gasteiger partial charge in [0.25, 0.3) is 0 Å². The predicted octanol–water partition coefficient (Wildman–Crippen LogP) is 1.27. The molecule has 0 bridgehead atoms. The zero-order valence-electron chi connectivity index (χ0n) is 11.7. The number of nitrogens with one attached hydrogen (secondary N) is 1. The molecule has 0 aromatic carbocycles. The average molecular weight is 256 g/mol. The molecule has 1 rings (SSSR count). The van der Waals surface area contributed by atoms with E-state index in [9.17, 15) is 9.90 Å². The lowest BCUT2D eigenvalue weighted by atomic mass is 9.81. The summed E-state index contributed by atoms with van der Waals surface area (Å²) >= 11 is 0. The third kappa shape index (κ3) is 4.94. The van der Waals surface area contributed by atoms with E-state index in [0.29, 0.717) is 18.4 Å². The summed E-state index contributed by atoms with van der Waals surface area (Å²) in [5, 5.41) is 12.3. The minimum atomic E-state index is -0.101. The third-order valence-corrected chi connectivity index (χ3v) is 3.81. The number of rotatable bonds is 6. The average Bonchev–Trinajstić information content (AvgIpc) is 2.37. The second kappa shape index (κ2) is 7.74. The first-order valence-corrected chi connectivity index (χ1v) is 7.18. The van der Waals surface area contributed by atoms with Gasteiger partial charge in [-0.25, -0.2) is 0 Å². The van der Waals surface area contributed by atoms with Gasteiger partial charge in [0, 0.05) is 5.92 Å². The number of amides is 1. The van der Waals surface area contributed by atoms with E-state index in [0.717, 1.165) is 32.1 Å². The number of aliphatic hydroxyl groups excluding tert-OH is 1. The summed E-state index contributed by atoms with van der Waals surface area (Å²) in [5.74, 6) is 1.17. The number of carbonyl (C=O) groups excluding carboxylic acids is 1. The Morgan fingerprint density at radius 2 is 2.17 bits per heavy atom. The Hall–Kier alpha value is -0.610. The van der Waals surface area contributed by atoms with Gasteiger partial charge in [0.1, 0.15) is 0 Å². The van der Waals surface area contributed by atoms with E-state index in [1.165, 1.54) is 0 Å². The minimum absolute atomic E-state index is 0.0248. The largest absolute Gasteiger partial charge is 0.394 e. The maximum atomic E-state index is 12.1. The Balaban J connectivity index is 2.42. The van der Waals surface area contributed by atoms with E-state index >= 15 is 0 Å². The highest BCUT2D eigenvalue weighted by Gasteiger charge is 2.27. The van der Waals surface area contributed by atoms with Crippen LogP contribution in [0.3, 0.4) is 0 Å². The number of hydrogen-bond donors (Lipinski definition) is 3. The maximum absolute atomic E-state index is 12.1. The molecule has 0 heterocycles. The first-order chi connectivity index (χ1) is 8.56. The van der Waals surface area contributed by atoms with Gasteiger partial charge in [-0.3, -0.25) is 4.79 Å². The van der Waals surface area contributed by atoms with E-state index < -0.39 is 0 Å². The Labute approximate surface area is 110 Å². The number of carbonyl (C=O) groups is 1. The van der Waals surface area contributed by atoms with Crippen molar-refractivity contribution in [1.82, 2.24) is 5.32 Å². The highest BCUT2D eigenvalue weighted by Crippen LogP contribution is 2.28. The third-order valence-electron chi connectivity index (χ3n) is 3.81. The Morgan fingerprint density at radius 3 is 2.72 bits per heavy atom. The lowest BCUT2D eigenvalue weighted by Crippen LogP contribution is -2.43. The molecule has 106 valence electrons. The Bertz CT molecular complexity index is 256. The van der Waals surface area contributed by atoms with Crippen LogP contribution in [-0.2, 0) is 4.79 Å². The number of hydrogen-bond acceptors (Lipinski definition) is 3. The zero-order chi connectivity index (χ0) is 13.5. The monoisotopic (exact) mass is 256 g/mol. The first-order valence-electron chi connectivity index (χ1n) is 7.18. The van der Waals surface area contributed by atoms with Crippen LogP contribution in [0.25, 0.3) is 0 Å². The van der Waals surface area contributed by atoms with Gasteiger partial charge >= 0.3 is 0 Å². The summed E-state index contributed by atoms with van der Waals surface area (Å²) in [4.78, 5) is 12.1. The fourth-order valence-electron chi connectivity index (χ4n) is 2.81. The van der Waals surface area contributed by atoms with Crippen molar-refractivity contribution in [2.75, 3.05) is 13.2 Å². The molecule has 1 aliphatic carbocycles. The molecule has 1 saturated carbocycles. The van der Waals surface area contributed by atoms with Crippen molar-refractivity contribution in [3.05, 3.63) is 0 Å². The van der Waals surface area contributed by atoms with Crippen molar-refractivity contribution >= 4 is 5.91 Å². The molecular formula is C14H28N2O2. The van der Waals surface area contributed by atoms with Gasteiger partial charge in [-0.2, -0.15) is 0 Å². The molecule has 1 aliphatic rings. The van der Waals surface area contributed by atoms with E-state index in [4.69, 9.17) is 5.73 Å². The molecule has 3 unspecified atom stereocenters. The normalized spacial score (nSPS) is 26.1. The van der Waals surface area contributed by atoms with Gasteiger partial charge < -0.3 is 16.2 Å². The summed E-state index contributed by atoms with van der Waals surface area (Å²) < 4.78 is 0. The van der Waals surface area contributed by atoms with Crippen LogP contribution in [0.2, 0.25) is 0 Å². The molecule has 4 N–H and O–H groups in total. The van der Waals surface area contributed by atoms with Crippen molar-refractivity contribution in [2.24, 2.45) is 23.5 Å².